The molecule has 3 atom stereocenters. The Morgan fingerprint density at radius 1 is 1.07 bits per heavy atom. The second-order valence-electron chi connectivity index (χ2n) is 11.3. The number of benzene rings is 3. The average Bonchev–Trinajstić information content (AvgIpc) is 3.41. The number of halogens is 3. The predicted molar refractivity (Wildman–Crippen MR) is 164 cm³/mol. The molecular weight excluding hydrogens is 627 g/mol. The third-order valence-corrected chi connectivity index (χ3v) is 9.17. The van der Waals surface area contributed by atoms with E-state index in [1.807, 2.05) is 13.8 Å². The molecule has 0 radical (unpaired) electrons. The number of nitrogens with one attached hydrogen (secondary N) is 1. The van der Waals surface area contributed by atoms with Gasteiger partial charge in [0.05, 0.1) is 36.3 Å². The Bertz CT molecular complexity index is 1600. The van der Waals surface area contributed by atoms with Crippen molar-refractivity contribution < 1.29 is 45.8 Å². The smallest absolute Gasteiger partial charge is 0.416 e. The SMILES string of the molecule is COc1cccc(S(=O)(=O)N(CC(C)C)C[C@@H](O)[C@H](Cc2ccccc2)NC(=O)[C@@H]2CN(c3ccc(C(F)(F)F)cc3)C(=O)O2)c1. The minimum absolute atomic E-state index is 0.0235. The number of hydrogen-bond acceptors (Lipinski definition) is 7. The van der Waals surface area contributed by atoms with E-state index >= 15 is 0 Å². The lowest BCUT2D eigenvalue weighted by Crippen LogP contribution is -2.53. The van der Waals surface area contributed by atoms with Crippen molar-refractivity contribution in [3.8, 4) is 5.75 Å². The third kappa shape index (κ3) is 8.56. The largest absolute Gasteiger partial charge is 0.497 e. The molecule has 14 heteroatoms. The molecule has 3 aromatic carbocycles. The van der Waals surface area contributed by atoms with Crippen LogP contribution in [0.25, 0.3) is 0 Å². The van der Waals surface area contributed by atoms with Crippen LogP contribution in [0.5, 0.6) is 5.75 Å². The molecule has 0 aromatic heterocycles. The van der Waals surface area contributed by atoms with Gasteiger partial charge in [-0.05, 0) is 54.3 Å². The summed E-state index contributed by atoms with van der Waals surface area (Å²) in [5, 5.41) is 14.2. The molecule has 0 saturated carbocycles. The van der Waals surface area contributed by atoms with E-state index in [0.29, 0.717) is 5.75 Å². The molecule has 0 aliphatic carbocycles. The third-order valence-electron chi connectivity index (χ3n) is 7.34. The van der Waals surface area contributed by atoms with Gasteiger partial charge in [-0.25, -0.2) is 13.2 Å². The summed E-state index contributed by atoms with van der Waals surface area (Å²) in [5.74, 6) is -0.519. The molecule has 3 aromatic rings. The molecule has 2 amide bonds. The topological polar surface area (TPSA) is 125 Å². The Balaban J connectivity index is 1.54. The summed E-state index contributed by atoms with van der Waals surface area (Å²) in [6.07, 6.45) is -8.10. The second-order valence-corrected chi connectivity index (χ2v) is 13.2. The van der Waals surface area contributed by atoms with Gasteiger partial charge in [-0.3, -0.25) is 9.69 Å². The number of sulfonamides is 1. The van der Waals surface area contributed by atoms with Crippen LogP contribution < -0.4 is 15.0 Å². The highest BCUT2D eigenvalue weighted by Crippen LogP contribution is 2.31. The van der Waals surface area contributed by atoms with E-state index in [1.165, 1.54) is 19.2 Å². The van der Waals surface area contributed by atoms with Crippen molar-refractivity contribution in [2.75, 3.05) is 31.6 Å². The van der Waals surface area contributed by atoms with E-state index in [4.69, 9.17) is 9.47 Å². The number of methoxy groups -OCH3 is 1. The highest BCUT2D eigenvalue weighted by atomic mass is 32.2. The van der Waals surface area contributed by atoms with Crippen molar-refractivity contribution in [3.05, 3.63) is 90.0 Å². The summed E-state index contributed by atoms with van der Waals surface area (Å²) >= 11 is 0. The minimum atomic E-state index is -4.56. The van der Waals surface area contributed by atoms with Crippen LogP contribution in [-0.2, 0) is 32.2 Å². The van der Waals surface area contributed by atoms with Gasteiger partial charge in [-0.2, -0.15) is 17.5 Å². The standard InChI is InChI=1S/C32H36F3N3O7S/c1-21(2)18-37(46(42,43)26-11-7-10-25(17-26)44-3)19-28(39)27(16-22-8-5-4-6-9-22)36-30(40)29-20-38(31(41)45-29)24-14-12-23(13-15-24)32(33,34)35/h4-15,17,21,27-29,39H,16,18-20H2,1-3H3,(H,36,40)/t27-,28+,29-/m0/s1. The number of cyclic esters (lactones) is 1. The van der Waals surface area contributed by atoms with Crippen LogP contribution in [0, 0.1) is 5.92 Å². The van der Waals surface area contributed by atoms with Gasteiger partial charge in [0.15, 0.2) is 6.10 Å². The lowest BCUT2D eigenvalue weighted by atomic mass is 10.0. The van der Waals surface area contributed by atoms with Crippen molar-refractivity contribution in [1.82, 2.24) is 9.62 Å². The van der Waals surface area contributed by atoms with Crippen LogP contribution in [-0.4, -0.2) is 74.8 Å². The van der Waals surface area contributed by atoms with Crippen LogP contribution in [0.3, 0.4) is 0 Å². The van der Waals surface area contributed by atoms with Crippen molar-refractivity contribution in [2.45, 2.75) is 49.6 Å². The number of hydrogen-bond donors (Lipinski definition) is 2. The number of rotatable bonds is 13. The highest BCUT2D eigenvalue weighted by molar-refractivity contribution is 7.89. The first-order chi connectivity index (χ1) is 21.7. The molecular formula is C32H36F3N3O7S. The lowest BCUT2D eigenvalue weighted by Gasteiger charge is -2.31. The lowest BCUT2D eigenvalue weighted by molar-refractivity contribution is -0.137. The summed E-state index contributed by atoms with van der Waals surface area (Å²) in [6, 6.07) is 17.7. The Morgan fingerprint density at radius 2 is 1.74 bits per heavy atom. The summed E-state index contributed by atoms with van der Waals surface area (Å²) in [7, 11) is -2.68. The van der Waals surface area contributed by atoms with Gasteiger partial charge in [0, 0.05) is 24.8 Å². The summed E-state index contributed by atoms with van der Waals surface area (Å²) in [6.45, 7) is 3.09. The number of carbonyl (C=O) groups is 2. The van der Waals surface area contributed by atoms with Crippen LogP contribution in [0.4, 0.5) is 23.7 Å². The second kappa shape index (κ2) is 14.5. The van der Waals surface area contributed by atoms with Gasteiger partial charge in [0.25, 0.3) is 5.91 Å². The first-order valence-electron chi connectivity index (χ1n) is 14.5. The predicted octanol–water partition coefficient (Wildman–Crippen LogP) is 4.47. The Morgan fingerprint density at radius 3 is 2.35 bits per heavy atom. The number of aliphatic hydroxyl groups is 1. The molecule has 1 aliphatic rings. The molecule has 2 N–H and O–H groups in total. The fourth-order valence-electron chi connectivity index (χ4n) is 4.99. The fraction of sp³-hybridized carbons (Fsp3) is 0.375. The van der Waals surface area contributed by atoms with Crippen molar-refractivity contribution in [2.24, 2.45) is 5.92 Å². The summed E-state index contributed by atoms with van der Waals surface area (Å²) in [4.78, 5) is 27.0. The van der Waals surface area contributed by atoms with Crippen molar-refractivity contribution in [1.29, 1.82) is 0 Å². The maximum absolute atomic E-state index is 13.7. The van der Waals surface area contributed by atoms with Gasteiger partial charge in [0.1, 0.15) is 5.75 Å². The van der Waals surface area contributed by atoms with E-state index in [1.54, 1.807) is 42.5 Å². The van der Waals surface area contributed by atoms with E-state index in [2.05, 4.69) is 5.32 Å². The number of carbonyl (C=O) groups excluding carboxylic acids is 2. The molecule has 0 bridgehead atoms. The molecule has 1 fully saturated rings. The zero-order valence-electron chi connectivity index (χ0n) is 25.5. The first kappa shape index (κ1) is 34.7. The molecule has 46 heavy (non-hydrogen) atoms. The quantitative estimate of drug-likeness (QED) is 0.277. The van der Waals surface area contributed by atoms with Crippen molar-refractivity contribution in [3.63, 3.8) is 0 Å². The zero-order valence-corrected chi connectivity index (χ0v) is 26.3. The number of aliphatic hydroxyl groups excluding tert-OH is 1. The van der Waals surface area contributed by atoms with Gasteiger partial charge in [-0.15, -0.1) is 0 Å². The van der Waals surface area contributed by atoms with Crippen LogP contribution >= 0.6 is 0 Å². The van der Waals surface area contributed by atoms with Crippen LogP contribution in [0.2, 0.25) is 0 Å². The van der Waals surface area contributed by atoms with E-state index < -0.39 is 52.0 Å². The maximum atomic E-state index is 13.7. The van der Waals surface area contributed by atoms with Gasteiger partial charge < -0.3 is 19.9 Å². The Hall–Kier alpha value is -4.14. The molecule has 0 unspecified atom stereocenters. The Kier molecular flexibility index (Phi) is 11.0. The normalized spacial score (nSPS) is 16.8. The van der Waals surface area contributed by atoms with E-state index in [-0.39, 0.29) is 42.6 Å². The number of ether oxygens (including phenoxy) is 2. The molecule has 10 nitrogen and oxygen atoms in total. The van der Waals surface area contributed by atoms with Crippen molar-refractivity contribution >= 4 is 27.7 Å². The maximum Gasteiger partial charge on any atom is 0.416 e. The molecule has 1 heterocycles. The molecule has 1 aliphatic heterocycles. The fourth-order valence-corrected chi connectivity index (χ4v) is 6.65. The van der Waals surface area contributed by atoms with Gasteiger partial charge >= 0.3 is 12.3 Å². The highest BCUT2D eigenvalue weighted by Gasteiger charge is 2.40. The monoisotopic (exact) mass is 663 g/mol. The van der Waals surface area contributed by atoms with E-state index in [9.17, 15) is 36.3 Å². The molecule has 248 valence electrons. The van der Waals surface area contributed by atoms with Crippen LogP contribution in [0.15, 0.2) is 83.8 Å². The molecule has 0 spiro atoms. The zero-order chi connectivity index (χ0) is 33.6. The summed E-state index contributed by atoms with van der Waals surface area (Å²) in [5.41, 5.74) is -0.0373. The molecule has 4 rings (SSSR count). The van der Waals surface area contributed by atoms with Gasteiger partial charge in [-0.1, -0.05) is 50.2 Å². The minimum Gasteiger partial charge on any atom is -0.497 e. The number of anilines is 1. The van der Waals surface area contributed by atoms with E-state index in [0.717, 1.165) is 39.0 Å². The first-order valence-corrected chi connectivity index (χ1v) is 15.9. The molecule has 1 saturated heterocycles. The summed E-state index contributed by atoms with van der Waals surface area (Å²) < 4.78 is 78.0. The Labute approximate surface area is 265 Å². The average molecular weight is 664 g/mol. The number of amides is 2. The number of nitrogens with zero attached hydrogens (tertiary/aromatic N) is 2. The van der Waals surface area contributed by atoms with Gasteiger partial charge in [0.2, 0.25) is 10.0 Å². The number of alkyl halides is 3. The van der Waals surface area contributed by atoms with Crippen LogP contribution in [0.1, 0.15) is 25.0 Å².